The van der Waals surface area contributed by atoms with Gasteiger partial charge in [-0.3, -0.25) is 4.79 Å². The summed E-state index contributed by atoms with van der Waals surface area (Å²) in [6, 6.07) is 22.6. The zero-order chi connectivity index (χ0) is 28.0. The van der Waals surface area contributed by atoms with Gasteiger partial charge in [0.25, 0.3) is 0 Å². The van der Waals surface area contributed by atoms with Crippen LogP contribution in [0.3, 0.4) is 0 Å². The van der Waals surface area contributed by atoms with Crippen molar-refractivity contribution in [3.05, 3.63) is 83.4 Å². The molecule has 0 aliphatic carbocycles. The Kier molecular flexibility index (Phi) is 9.02. The van der Waals surface area contributed by atoms with E-state index in [0.29, 0.717) is 32.5 Å². The van der Waals surface area contributed by atoms with E-state index in [1.165, 1.54) is 6.26 Å². The van der Waals surface area contributed by atoms with Crippen LogP contribution in [-0.4, -0.2) is 44.6 Å². The lowest BCUT2D eigenvalue weighted by atomic mass is 9.93. The highest BCUT2D eigenvalue weighted by Gasteiger charge is 2.12. The van der Waals surface area contributed by atoms with Gasteiger partial charge in [-0.05, 0) is 97.8 Å². The first kappa shape index (κ1) is 28.3. The number of aryl methyl sites for hydroxylation is 3. The average Bonchev–Trinajstić information content (AvgIpc) is 2.89. The Morgan fingerprint density at radius 1 is 0.923 bits per heavy atom. The Labute approximate surface area is 230 Å². The van der Waals surface area contributed by atoms with E-state index in [1.54, 1.807) is 0 Å². The van der Waals surface area contributed by atoms with Crippen molar-refractivity contribution in [1.82, 2.24) is 4.98 Å². The zero-order valence-electron chi connectivity index (χ0n) is 23.0. The number of benzene rings is 3. The van der Waals surface area contributed by atoms with Crippen LogP contribution in [-0.2, 0) is 25.8 Å². The fourth-order valence-corrected chi connectivity index (χ4v) is 5.42. The molecule has 0 aliphatic rings. The molecule has 0 saturated carbocycles. The molecular weight excluding hydrogens is 510 g/mol. The summed E-state index contributed by atoms with van der Waals surface area (Å²) in [7, 11) is -2.99. The summed E-state index contributed by atoms with van der Waals surface area (Å²) in [4.78, 5) is 16.6. The highest BCUT2D eigenvalue weighted by Crippen LogP contribution is 2.33. The second-order valence-corrected chi connectivity index (χ2v) is 12.1. The maximum Gasteiger partial charge on any atom is 0.306 e. The Bertz CT molecular complexity index is 1570. The number of sulfone groups is 1. The number of rotatable bonds is 11. The van der Waals surface area contributed by atoms with Crippen LogP contribution in [0.25, 0.3) is 33.3 Å². The van der Waals surface area contributed by atoms with Crippen molar-refractivity contribution in [3.8, 4) is 28.1 Å². The number of aromatic nitrogens is 1. The highest BCUT2D eigenvalue weighted by molar-refractivity contribution is 7.90. The lowest BCUT2D eigenvalue weighted by molar-refractivity contribution is -0.143. The molecule has 1 aromatic heterocycles. The van der Waals surface area contributed by atoms with Crippen LogP contribution in [0.5, 0.6) is 5.75 Å². The maximum absolute atomic E-state index is 11.7. The molecule has 0 N–H and O–H groups in total. The van der Waals surface area contributed by atoms with Crippen molar-refractivity contribution < 1.29 is 22.7 Å². The number of fused-ring (bicyclic) bond motifs is 1. The summed E-state index contributed by atoms with van der Waals surface area (Å²) in [6.07, 6.45) is 2.72. The largest absolute Gasteiger partial charge is 0.494 e. The molecule has 1 heterocycles. The predicted molar refractivity (Wildman–Crippen MR) is 157 cm³/mol. The van der Waals surface area contributed by atoms with Crippen molar-refractivity contribution in [2.45, 2.75) is 40.0 Å². The van der Waals surface area contributed by atoms with Gasteiger partial charge in [-0.1, -0.05) is 30.3 Å². The van der Waals surface area contributed by atoms with E-state index >= 15 is 0 Å². The summed E-state index contributed by atoms with van der Waals surface area (Å²) in [5.74, 6) is 0.689. The summed E-state index contributed by atoms with van der Waals surface area (Å²) >= 11 is 0. The van der Waals surface area contributed by atoms with Crippen LogP contribution >= 0.6 is 0 Å². The smallest absolute Gasteiger partial charge is 0.306 e. The molecule has 39 heavy (non-hydrogen) atoms. The van der Waals surface area contributed by atoms with E-state index < -0.39 is 9.84 Å². The molecule has 0 aliphatic heterocycles. The van der Waals surface area contributed by atoms with Gasteiger partial charge in [0.05, 0.1) is 30.2 Å². The number of hydrogen-bond acceptors (Lipinski definition) is 6. The lowest BCUT2D eigenvalue weighted by Crippen LogP contribution is -2.08. The molecule has 7 heteroatoms. The van der Waals surface area contributed by atoms with Crippen molar-refractivity contribution in [2.75, 3.05) is 25.2 Å². The molecule has 0 atom stereocenters. The van der Waals surface area contributed by atoms with Crippen LogP contribution < -0.4 is 4.74 Å². The van der Waals surface area contributed by atoms with Crippen LogP contribution in [0.1, 0.15) is 36.5 Å². The summed E-state index contributed by atoms with van der Waals surface area (Å²) in [6.45, 7) is 6.70. The second kappa shape index (κ2) is 12.4. The summed E-state index contributed by atoms with van der Waals surface area (Å²) in [5, 5.41) is 1.04. The molecule has 4 rings (SSSR count). The molecule has 0 unspecified atom stereocenters. The average molecular weight is 546 g/mol. The first-order chi connectivity index (χ1) is 18.6. The second-order valence-electron chi connectivity index (χ2n) is 9.87. The number of pyridine rings is 1. The van der Waals surface area contributed by atoms with Gasteiger partial charge in [-0.25, -0.2) is 13.4 Å². The van der Waals surface area contributed by atoms with Gasteiger partial charge >= 0.3 is 5.97 Å². The predicted octanol–water partition coefficient (Wildman–Crippen LogP) is 6.49. The fraction of sp³-hybridized carbons (Fsp3) is 0.312. The Morgan fingerprint density at radius 2 is 1.67 bits per heavy atom. The van der Waals surface area contributed by atoms with E-state index in [-0.39, 0.29) is 11.7 Å². The van der Waals surface area contributed by atoms with E-state index in [1.807, 2.05) is 43.3 Å². The van der Waals surface area contributed by atoms with Gasteiger partial charge in [-0.2, -0.15) is 0 Å². The quantitative estimate of drug-likeness (QED) is 0.158. The third kappa shape index (κ3) is 7.67. The van der Waals surface area contributed by atoms with Gasteiger partial charge in [0.15, 0.2) is 0 Å². The zero-order valence-corrected chi connectivity index (χ0v) is 23.8. The van der Waals surface area contributed by atoms with E-state index in [4.69, 9.17) is 14.5 Å². The molecule has 0 spiro atoms. The highest BCUT2D eigenvalue weighted by atomic mass is 32.2. The van der Waals surface area contributed by atoms with Gasteiger partial charge < -0.3 is 9.47 Å². The van der Waals surface area contributed by atoms with Gasteiger partial charge in [-0.15, -0.1) is 0 Å². The molecule has 0 fully saturated rings. The number of nitrogens with zero attached hydrogens (tertiary/aromatic N) is 1. The molecule has 6 nitrogen and oxygen atoms in total. The summed E-state index contributed by atoms with van der Waals surface area (Å²) in [5.41, 5.74) is 8.34. The third-order valence-corrected chi connectivity index (χ3v) is 7.59. The number of hydrogen-bond donors (Lipinski definition) is 0. The van der Waals surface area contributed by atoms with Gasteiger partial charge in [0.1, 0.15) is 15.6 Å². The minimum Gasteiger partial charge on any atom is -0.494 e. The van der Waals surface area contributed by atoms with Crippen LogP contribution in [0.15, 0.2) is 66.7 Å². The molecule has 0 saturated heterocycles. The molecule has 0 radical (unpaired) electrons. The van der Waals surface area contributed by atoms with Gasteiger partial charge in [0, 0.05) is 23.6 Å². The monoisotopic (exact) mass is 545 g/mol. The Morgan fingerprint density at radius 3 is 2.38 bits per heavy atom. The topological polar surface area (TPSA) is 82.6 Å². The normalized spacial score (nSPS) is 11.5. The minimum absolute atomic E-state index is 0.120. The lowest BCUT2D eigenvalue weighted by Gasteiger charge is -2.15. The number of ether oxygens (including phenoxy) is 2. The van der Waals surface area contributed by atoms with Crippen LogP contribution in [0.2, 0.25) is 0 Å². The molecular formula is C32H35NO5S. The van der Waals surface area contributed by atoms with Gasteiger partial charge in [0.2, 0.25) is 0 Å². The number of carbonyl (C=O) groups excluding carboxylic acids is 1. The van der Waals surface area contributed by atoms with E-state index in [2.05, 4.69) is 44.2 Å². The molecule has 0 bridgehead atoms. The first-order valence-corrected chi connectivity index (χ1v) is 15.3. The SMILES string of the molecule is CCOC(=O)CCc1ccc2nc(-c3cccc(-c4c(C)cc(OCCCS(C)(=O)=O)cc4C)c3)ccc2c1. The first-order valence-electron chi connectivity index (χ1n) is 13.2. The standard InChI is InChI=1S/C32H35NO5S/c1-5-37-31(34)15-11-24-10-13-29-26(20-24)12-14-30(33-29)25-8-6-9-27(21-25)32-22(2)18-28(19-23(32)3)38-16-7-17-39(4,35)36/h6,8-10,12-14,18-21H,5,7,11,15-17H2,1-4H3. The third-order valence-electron chi connectivity index (χ3n) is 6.56. The Hall–Kier alpha value is -3.71. The minimum atomic E-state index is -2.99. The summed E-state index contributed by atoms with van der Waals surface area (Å²) < 4.78 is 33.6. The molecule has 3 aromatic carbocycles. The van der Waals surface area contributed by atoms with E-state index in [0.717, 1.165) is 55.7 Å². The molecule has 204 valence electrons. The van der Waals surface area contributed by atoms with Crippen molar-refractivity contribution in [1.29, 1.82) is 0 Å². The Balaban J connectivity index is 1.52. The van der Waals surface area contributed by atoms with Crippen molar-refractivity contribution >= 4 is 26.7 Å². The van der Waals surface area contributed by atoms with Crippen molar-refractivity contribution in [2.24, 2.45) is 0 Å². The van der Waals surface area contributed by atoms with Crippen LogP contribution in [0.4, 0.5) is 0 Å². The number of esters is 1. The molecule has 0 amide bonds. The number of carbonyl (C=O) groups is 1. The maximum atomic E-state index is 11.7. The molecule has 4 aromatic rings. The van der Waals surface area contributed by atoms with Crippen LogP contribution in [0, 0.1) is 13.8 Å². The van der Waals surface area contributed by atoms with E-state index in [9.17, 15) is 13.2 Å². The fourth-order valence-electron chi connectivity index (χ4n) is 4.78. The van der Waals surface area contributed by atoms with Crippen molar-refractivity contribution in [3.63, 3.8) is 0 Å².